The van der Waals surface area contributed by atoms with Crippen molar-refractivity contribution in [3.05, 3.63) is 42.1 Å². The number of benzene rings is 1. The first-order valence-corrected chi connectivity index (χ1v) is 4.07. The van der Waals surface area contributed by atoms with Crippen LogP contribution in [-0.2, 0) is 0 Å². The van der Waals surface area contributed by atoms with Gasteiger partial charge in [0.2, 0.25) is 5.88 Å². The van der Waals surface area contributed by atoms with Crippen molar-refractivity contribution in [1.82, 2.24) is 9.78 Å². The first-order valence-electron chi connectivity index (χ1n) is 4.07. The van der Waals surface area contributed by atoms with Gasteiger partial charge in [-0.15, -0.1) is 0 Å². The Hall–Kier alpha value is -1.77. The normalized spacial score (nSPS) is 10.2. The lowest BCUT2D eigenvalue weighted by atomic mass is 10.2. The standard InChI is InChI=1S/C10H10N2O/c1-8-3-2-4-9(7-8)12-10(13)5-6-11-12/h2-7,13H,1H3. The summed E-state index contributed by atoms with van der Waals surface area (Å²) in [6, 6.07) is 9.37. The summed E-state index contributed by atoms with van der Waals surface area (Å²) in [7, 11) is 0. The maximum Gasteiger partial charge on any atom is 0.214 e. The number of aryl methyl sites for hydroxylation is 1. The molecule has 2 aromatic rings. The van der Waals surface area contributed by atoms with Crippen molar-refractivity contribution in [2.45, 2.75) is 6.92 Å². The highest BCUT2D eigenvalue weighted by molar-refractivity contribution is 5.37. The van der Waals surface area contributed by atoms with E-state index in [2.05, 4.69) is 5.10 Å². The fourth-order valence-electron chi connectivity index (χ4n) is 1.26. The van der Waals surface area contributed by atoms with Gasteiger partial charge in [0, 0.05) is 6.07 Å². The molecule has 3 heteroatoms. The van der Waals surface area contributed by atoms with Crippen LogP contribution in [0.15, 0.2) is 36.5 Å². The summed E-state index contributed by atoms with van der Waals surface area (Å²) in [5.41, 5.74) is 2.02. The van der Waals surface area contributed by atoms with Crippen LogP contribution in [0.5, 0.6) is 5.88 Å². The molecule has 1 aromatic heterocycles. The van der Waals surface area contributed by atoms with Gasteiger partial charge in [-0.1, -0.05) is 12.1 Å². The van der Waals surface area contributed by atoms with E-state index in [1.165, 1.54) is 4.68 Å². The third kappa shape index (κ3) is 1.40. The molecule has 1 heterocycles. The zero-order valence-electron chi connectivity index (χ0n) is 7.31. The summed E-state index contributed by atoms with van der Waals surface area (Å²) in [5.74, 6) is 0.158. The third-order valence-corrected chi connectivity index (χ3v) is 1.87. The summed E-state index contributed by atoms with van der Waals surface area (Å²) < 4.78 is 1.49. The van der Waals surface area contributed by atoms with E-state index < -0.39 is 0 Å². The lowest BCUT2D eigenvalue weighted by molar-refractivity contribution is 0.433. The van der Waals surface area contributed by atoms with Gasteiger partial charge in [0.25, 0.3) is 0 Å². The van der Waals surface area contributed by atoms with Crippen molar-refractivity contribution >= 4 is 0 Å². The van der Waals surface area contributed by atoms with Crippen molar-refractivity contribution in [3.8, 4) is 11.6 Å². The van der Waals surface area contributed by atoms with E-state index in [9.17, 15) is 5.11 Å². The number of hydrogen-bond acceptors (Lipinski definition) is 2. The molecule has 0 aliphatic rings. The van der Waals surface area contributed by atoms with Crippen molar-refractivity contribution < 1.29 is 5.11 Å². The molecule has 0 atom stereocenters. The van der Waals surface area contributed by atoms with Crippen molar-refractivity contribution in [3.63, 3.8) is 0 Å². The van der Waals surface area contributed by atoms with Crippen molar-refractivity contribution in [2.75, 3.05) is 0 Å². The fraction of sp³-hybridized carbons (Fsp3) is 0.100. The van der Waals surface area contributed by atoms with Gasteiger partial charge in [-0.05, 0) is 24.6 Å². The summed E-state index contributed by atoms with van der Waals surface area (Å²) >= 11 is 0. The summed E-state index contributed by atoms with van der Waals surface area (Å²) in [5, 5.41) is 13.4. The van der Waals surface area contributed by atoms with Gasteiger partial charge in [-0.25, -0.2) is 4.68 Å². The second-order valence-electron chi connectivity index (χ2n) is 2.94. The van der Waals surface area contributed by atoms with Gasteiger partial charge in [0.05, 0.1) is 11.9 Å². The lowest BCUT2D eigenvalue weighted by Crippen LogP contribution is -1.95. The zero-order chi connectivity index (χ0) is 9.26. The molecule has 0 spiro atoms. The van der Waals surface area contributed by atoms with Crippen LogP contribution in [0.1, 0.15) is 5.56 Å². The summed E-state index contributed by atoms with van der Waals surface area (Å²) in [6.45, 7) is 2.00. The number of rotatable bonds is 1. The van der Waals surface area contributed by atoms with Gasteiger partial charge in [0.15, 0.2) is 0 Å². The monoisotopic (exact) mass is 174 g/mol. The van der Waals surface area contributed by atoms with Crippen molar-refractivity contribution in [2.24, 2.45) is 0 Å². The van der Waals surface area contributed by atoms with Gasteiger partial charge in [-0.3, -0.25) is 0 Å². The molecule has 1 aromatic carbocycles. The van der Waals surface area contributed by atoms with E-state index in [-0.39, 0.29) is 5.88 Å². The summed E-state index contributed by atoms with van der Waals surface area (Å²) in [4.78, 5) is 0. The molecule has 0 amide bonds. The van der Waals surface area contributed by atoms with Gasteiger partial charge in [-0.2, -0.15) is 5.10 Å². The molecule has 66 valence electrons. The Morgan fingerprint density at radius 2 is 2.15 bits per heavy atom. The van der Waals surface area contributed by atoms with E-state index in [1.54, 1.807) is 12.3 Å². The first kappa shape index (κ1) is 7.86. The predicted molar refractivity (Wildman–Crippen MR) is 50.0 cm³/mol. The molecule has 0 fully saturated rings. The molecule has 0 aliphatic heterocycles. The van der Waals surface area contributed by atoms with Crippen LogP contribution in [-0.4, -0.2) is 14.9 Å². The fourth-order valence-corrected chi connectivity index (χ4v) is 1.26. The van der Waals surface area contributed by atoms with E-state index in [0.717, 1.165) is 11.3 Å². The van der Waals surface area contributed by atoms with Crippen LogP contribution in [0.3, 0.4) is 0 Å². The maximum atomic E-state index is 9.40. The van der Waals surface area contributed by atoms with Crippen LogP contribution in [0.2, 0.25) is 0 Å². The number of nitrogens with zero attached hydrogens (tertiary/aromatic N) is 2. The van der Waals surface area contributed by atoms with E-state index >= 15 is 0 Å². The topological polar surface area (TPSA) is 38.0 Å². The molecular weight excluding hydrogens is 164 g/mol. The van der Waals surface area contributed by atoms with Crippen LogP contribution in [0, 0.1) is 6.92 Å². The van der Waals surface area contributed by atoms with Crippen molar-refractivity contribution in [1.29, 1.82) is 0 Å². The zero-order valence-corrected chi connectivity index (χ0v) is 7.31. The van der Waals surface area contributed by atoms with Crippen LogP contribution in [0.25, 0.3) is 5.69 Å². The lowest BCUT2D eigenvalue weighted by Gasteiger charge is -2.02. The molecule has 0 unspecified atom stereocenters. The number of aromatic nitrogens is 2. The smallest absolute Gasteiger partial charge is 0.214 e. The van der Waals surface area contributed by atoms with Crippen LogP contribution < -0.4 is 0 Å². The first-order chi connectivity index (χ1) is 6.27. The Morgan fingerprint density at radius 3 is 2.77 bits per heavy atom. The average molecular weight is 174 g/mol. The van der Waals surface area contributed by atoms with Gasteiger partial charge >= 0.3 is 0 Å². The molecule has 0 bridgehead atoms. The molecule has 0 radical (unpaired) electrons. The van der Waals surface area contributed by atoms with Crippen LogP contribution in [0.4, 0.5) is 0 Å². The van der Waals surface area contributed by atoms with E-state index in [1.807, 2.05) is 31.2 Å². The summed E-state index contributed by atoms with van der Waals surface area (Å²) in [6.07, 6.45) is 1.57. The van der Waals surface area contributed by atoms with E-state index in [0.29, 0.717) is 0 Å². The molecular formula is C10H10N2O. The Kier molecular flexibility index (Phi) is 1.77. The second kappa shape index (κ2) is 2.94. The Balaban J connectivity index is 2.53. The minimum atomic E-state index is 0.158. The predicted octanol–water partition coefficient (Wildman–Crippen LogP) is 1.89. The highest BCUT2D eigenvalue weighted by atomic mass is 16.3. The SMILES string of the molecule is Cc1cccc(-n2nccc2O)c1. The quantitative estimate of drug-likeness (QED) is 0.716. The van der Waals surface area contributed by atoms with Gasteiger partial charge < -0.3 is 5.11 Å². The number of aromatic hydroxyl groups is 1. The Morgan fingerprint density at radius 1 is 1.31 bits per heavy atom. The number of hydrogen-bond donors (Lipinski definition) is 1. The molecule has 2 rings (SSSR count). The second-order valence-corrected chi connectivity index (χ2v) is 2.94. The van der Waals surface area contributed by atoms with Gasteiger partial charge in [0.1, 0.15) is 0 Å². The third-order valence-electron chi connectivity index (χ3n) is 1.87. The minimum absolute atomic E-state index is 0.158. The molecule has 13 heavy (non-hydrogen) atoms. The minimum Gasteiger partial charge on any atom is -0.493 e. The largest absolute Gasteiger partial charge is 0.493 e. The maximum absolute atomic E-state index is 9.40. The molecule has 0 aliphatic carbocycles. The Labute approximate surface area is 76.3 Å². The Bertz CT molecular complexity index is 420. The average Bonchev–Trinajstić information content (AvgIpc) is 2.51. The molecule has 1 N–H and O–H groups in total. The molecule has 0 saturated heterocycles. The molecule has 3 nitrogen and oxygen atoms in total. The highest BCUT2D eigenvalue weighted by Crippen LogP contribution is 2.15. The highest BCUT2D eigenvalue weighted by Gasteiger charge is 2.01. The van der Waals surface area contributed by atoms with Crippen LogP contribution >= 0.6 is 0 Å². The molecule has 0 saturated carbocycles. The van der Waals surface area contributed by atoms with E-state index in [4.69, 9.17) is 0 Å².